The van der Waals surface area contributed by atoms with E-state index >= 15 is 0 Å². The van der Waals surface area contributed by atoms with Crippen LogP contribution in [0.3, 0.4) is 0 Å². The Balaban J connectivity index is 2.32. The lowest BCUT2D eigenvalue weighted by Crippen LogP contribution is -2.28. The predicted octanol–water partition coefficient (Wildman–Crippen LogP) is 1.00. The molecule has 0 bridgehead atoms. The average Bonchev–Trinajstić information content (AvgIpc) is 2.83. The quantitative estimate of drug-likeness (QED) is 0.865. The smallest absolute Gasteiger partial charge is 0.303 e. The Labute approximate surface area is 129 Å². The first-order valence-electron chi connectivity index (χ1n) is 7.79. The molecule has 1 aliphatic rings. The van der Waals surface area contributed by atoms with Gasteiger partial charge in [0.1, 0.15) is 5.69 Å². The highest BCUT2D eigenvalue weighted by Gasteiger charge is 2.23. The molecule has 1 aromatic rings. The molecule has 7 nitrogen and oxygen atoms in total. The standard InChI is InChI=1S/C15H23N3O4/c1-2-18-14-11(12(17-18)6-7-13(19)20)5-3-9-22-10-4-8-16-15(14)21/h2-10H2,1H3,(H,16,21)(H,19,20). The molecule has 122 valence electrons. The van der Waals surface area contributed by atoms with Crippen molar-refractivity contribution in [1.82, 2.24) is 15.1 Å². The molecule has 1 amide bonds. The molecule has 1 aliphatic heterocycles. The summed E-state index contributed by atoms with van der Waals surface area (Å²) in [6.45, 7) is 4.36. The molecule has 0 aliphatic carbocycles. The lowest BCUT2D eigenvalue weighted by molar-refractivity contribution is -0.136. The predicted molar refractivity (Wildman–Crippen MR) is 79.9 cm³/mol. The second-order valence-corrected chi connectivity index (χ2v) is 5.31. The van der Waals surface area contributed by atoms with Gasteiger partial charge in [-0.2, -0.15) is 5.10 Å². The summed E-state index contributed by atoms with van der Waals surface area (Å²) in [6, 6.07) is 0. The fraction of sp³-hybridized carbons (Fsp3) is 0.667. The normalized spacial score (nSPS) is 16.5. The number of rotatable bonds is 4. The number of carboxylic acids is 1. The molecular formula is C15H23N3O4. The van der Waals surface area contributed by atoms with E-state index in [9.17, 15) is 9.59 Å². The number of nitrogens with one attached hydrogen (secondary N) is 1. The number of fused-ring (bicyclic) bond motifs is 1. The number of aromatic nitrogens is 2. The summed E-state index contributed by atoms with van der Waals surface area (Å²) in [6.07, 6.45) is 2.63. The number of amides is 1. The molecule has 2 heterocycles. The minimum Gasteiger partial charge on any atom is -0.481 e. The maximum Gasteiger partial charge on any atom is 0.303 e. The van der Waals surface area contributed by atoms with Crippen LogP contribution in [0.5, 0.6) is 0 Å². The summed E-state index contributed by atoms with van der Waals surface area (Å²) in [5.41, 5.74) is 2.16. The lowest BCUT2D eigenvalue weighted by atomic mass is 10.0. The van der Waals surface area contributed by atoms with Crippen LogP contribution in [0.2, 0.25) is 0 Å². The Morgan fingerprint density at radius 1 is 1.41 bits per heavy atom. The molecule has 0 aromatic carbocycles. The van der Waals surface area contributed by atoms with Gasteiger partial charge in [-0.05, 0) is 26.2 Å². The molecule has 0 fully saturated rings. The Hall–Kier alpha value is -1.89. The van der Waals surface area contributed by atoms with Crippen LogP contribution in [0.15, 0.2) is 0 Å². The second kappa shape index (κ2) is 7.93. The van der Waals surface area contributed by atoms with Crippen molar-refractivity contribution in [3.63, 3.8) is 0 Å². The van der Waals surface area contributed by atoms with Gasteiger partial charge >= 0.3 is 5.97 Å². The van der Waals surface area contributed by atoms with Crippen molar-refractivity contribution < 1.29 is 19.4 Å². The number of carbonyl (C=O) groups is 2. The molecular weight excluding hydrogens is 286 g/mol. The summed E-state index contributed by atoms with van der Waals surface area (Å²) in [4.78, 5) is 23.3. The summed E-state index contributed by atoms with van der Waals surface area (Å²) in [7, 11) is 0. The van der Waals surface area contributed by atoms with Gasteiger partial charge in [0.25, 0.3) is 5.91 Å². The number of carboxylic acid groups (broad SMARTS) is 1. The van der Waals surface area contributed by atoms with Crippen molar-refractivity contribution >= 4 is 11.9 Å². The van der Waals surface area contributed by atoms with Gasteiger partial charge in [-0.3, -0.25) is 14.3 Å². The maximum atomic E-state index is 12.4. The molecule has 2 N–H and O–H groups in total. The van der Waals surface area contributed by atoms with E-state index in [1.54, 1.807) is 4.68 Å². The number of nitrogens with zero attached hydrogens (tertiary/aromatic N) is 2. The molecule has 7 heteroatoms. The zero-order valence-electron chi connectivity index (χ0n) is 12.9. The Morgan fingerprint density at radius 2 is 2.18 bits per heavy atom. The van der Waals surface area contributed by atoms with Crippen LogP contribution in [0.25, 0.3) is 0 Å². The van der Waals surface area contributed by atoms with E-state index in [1.165, 1.54) is 0 Å². The van der Waals surface area contributed by atoms with Crippen LogP contribution in [0, 0.1) is 0 Å². The minimum atomic E-state index is -0.857. The largest absolute Gasteiger partial charge is 0.481 e. The van der Waals surface area contributed by atoms with Crippen LogP contribution in [-0.2, 0) is 28.9 Å². The topological polar surface area (TPSA) is 93.5 Å². The van der Waals surface area contributed by atoms with E-state index in [-0.39, 0.29) is 12.3 Å². The summed E-state index contributed by atoms with van der Waals surface area (Å²) in [5, 5.41) is 16.2. The first kappa shape index (κ1) is 16.5. The molecule has 2 rings (SSSR count). The van der Waals surface area contributed by atoms with Crippen molar-refractivity contribution in [2.24, 2.45) is 0 Å². The first-order chi connectivity index (χ1) is 10.6. The van der Waals surface area contributed by atoms with Crippen LogP contribution < -0.4 is 5.32 Å². The fourth-order valence-corrected chi connectivity index (χ4v) is 2.63. The summed E-state index contributed by atoms with van der Waals surface area (Å²) >= 11 is 0. The van der Waals surface area contributed by atoms with E-state index in [0.29, 0.717) is 50.5 Å². The Kier molecular flexibility index (Phi) is 5.94. The van der Waals surface area contributed by atoms with Gasteiger partial charge in [0, 0.05) is 38.3 Å². The van der Waals surface area contributed by atoms with Crippen LogP contribution >= 0.6 is 0 Å². The van der Waals surface area contributed by atoms with Gasteiger partial charge in [-0.25, -0.2) is 0 Å². The SMILES string of the molecule is CCn1nc(CCC(=O)O)c2c1C(=O)NCCCOCCC2. The number of aryl methyl sites for hydroxylation is 2. The third-order valence-electron chi connectivity index (χ3n) is 3.69. The summed E-state index contributed by atoms with van der Waals surface area (Å²) in [5.74, 6) is -0.989. The molecule has 0 saturated carbocycles. The van der Waals surface area contributed by atoms with Crippen LogP contribution in [-0.4, -0.2) is 46.5 Å². The zero-order chi connectivity index (χ0) is 15.9. The van der Waals surface area contributed by atoms with Crippen molar-refractivity contribution in [2.45, 2.75) is 45.6 Å². The molecule has 0 radical (unpaired) electrons. The zero-order valence-corrected chi connectivity index (χ0v) is 12.9. The van der Waals surface area contributed by atoms with Crippen molar-refractivity contribution in [3.8, 4) is 0 Å². The van der Waals surface area contributed by atoms with Crippen molar-refractivity contribution in [3.05, 3.63) is 17.0 Å². The average molecular weight is 309 g/mol. The van der Waals surface area contributed by atoms with Crippen molar-refractivity contribution in [2.75, 3.05) is 19.8 Å². The van der Waals surface area contributed by atoms with E-state index in [4.69, 9.17) is 9.84 Å². The Bertz CT molecular complexity index is 539. The first-order valence-corrected chi connectivity index (χ1v) is 7.79. The van der Waals surface area contributed by atoms with E-state index in [1.807, 2.05) is 6.92 Å². The molecule has 0 saturated heterocycles. The highest BCUT2D eigenvalue weighted by atomic mass is 16.5. The van der Waals surface area contributed by atoms with E-state index in [0.717, 1.165) is 18.4 Å². The maximum absolute atomic E-state index is 12.4. The number of hydrogen-bond donors (Lipinski definition) is 2. The minimum absolute atomic E-state index is 0.0191. The molecule has 22 heavy (non-hydrogen) atoms. The van der Waals surface area contributed by atoms with Gasteiger partial charge in [0.2, 0.25) is 0 Å². The lowest BCUT2D eigenvalue weighted by Gasteiger charge is -2.08. The number of carbonyl (C=O) groups excluding carboxylic acids is 1. The number of ether oxygens (including phenoxy) is 1. The number of hydrogen-bond acceptors (Lipinski definition) is 4. The fourth-order valence-electron chi connectivity index (χ4n) is 2.63. The molecule has 0 unspecified atom stereocenters. The molecule has 0 atom stereocenters. The highest BCUT2D eigenvalue weighted by molar-refractivity contribution is 5.94. The van der Waals surface area contributed by atoms with Gasteiger partial charge < -0.3 is 15.2 Å². The van der Waals surface area contributed by atoms with Crippen LogP contribution in [0.4, 0.5) is 0 Å². The van der Waals surface area contributed by atoms with Gasteiger partial charge in [0.05, 0.1) is 12.1 Å². The Morgan fingerprint density at radius 3 is 2.91 bits per heavy atom. The third kappa shape index (κ3) is 4.07. The van der Waals surface area contributed by atoms with Crippen molar-refractivity contribution in [1.29, 1.82) is 0 Å². The van der Waals surface area contributed by atoms with Gasteiger partial charge in [-0.1, -0.05) is 0 Å². The van der Waals surface area contributed by atoms with Gasteiger partial charge in [-0.15, -0.1) is 0 Å². The van der Waals surface area contributed by atoms with E-state index in [2.05, 4.69) is 10.4 Å². The summed E-state index contributed by atoms with van der Waals surface area (Å²) < 4.78 is 7.20. The van der Waals surface area contributed by atoms with Crippen LogP contribution in [0.1, 0.15) is 47.9 Å². The van der Waals surface area contributed by atoms with Gasteiger partial charge in [0.15, 0.2) is 0 Å². The number of aliphatic carboxylic acids is 1. The monoisotopic (exact) mass is 309 g/mol. The second-order valence-electron chi connectivity index (χ2n) is 5.31. The molecule has 0 spiro atoms. The van der Waals surface area contributed by atoms with E-state index < -0.39 is 5.97 Å². The molecule has 1 aromatic heterocycles. The third-order valence-corrected chi connectivity index (χ3v) is 3.69. The highest BCUT2D eigenvalue weighted by Crippen LogP contribution is 2.19.